The van der Waals surface area contributed by atoms with Crippen LogP contribution in [0.5, 0.6) is 0 Å². The maximum atomic E-state index is 12.2. The lowest BCUT2D eigenvalue weighted by Gasteiger charge is -2.05. The summed E-state index contributed by atoms with van der Waals surface area (Å²) in [6, 6.07) is 0. The number of hydrogen-bond donors (Lipinski definition) is 1. The number of sulfonamides is 1. The van der Waals surface area contributed by atoms with Gasteiger partial charge in [-0.25, -0.2) is 18.1 Å². The summed E-state index contributed by atoms with van der Waals surface area (Å²) in [5.41, 5.74) is 1.77. The van der Waals surface area contributed by atoms with Crippen molar-refractivity contribution in [1.29, 1.82) is 0 Å². The van der Waals surface area contributed by atoms with Crippen molar-refractivity contribution in [2.45, 2.75) is 33.6 Å². The first-order chi connectivity index (χ1) is 11.2. The number of thiazole rings is 1. The smallest absolute Gasteiger partial charge is 0.276 e. The molecule has 2 aromatic rings. The minimum Gasteiger partial charge on any atom is -0.361 e. The van der Waals surface area contributed by atoms with Crippen LogP contribution in [-0.4, -0.2) is 36.9 Å². The van der Waals surface area contributed by atoms with Crippen LogP contribution in [-0.2, 0) is 10.0 Å². The van der Waals surface area contributed by atoms with Gasteiger partial charge in [-0.1, -0.05) is 5.16 Å². The van der Waals surface area contributed by atoms with Gasteiger partial charge in [-0.05, 0) is 33.6 Å². The fourth-order valence-electron chi connectivity index (χ4n) is 2.13. The van der Waals surface area contributed by atoms with Gasteiger partial charge in [0, 0.05) is 0 Å². The molecule has 0 bridgehead atoms. The van der Waals surface area contributed by atoms with Gasteiger partial charge >= 0.3 is 0 Å². The van der Waals surface area contributed by atoms with Crippen LogP contribution in [0.1, 0.15) is 39.7 Å². The fourth-order valence-corrected chi connectivity index (χ4v) is 4.37. The molecule has 10 heteroatoms. The quantitative estimate of drug-likeness (QED) is 0.746. The summed E-state index contributed by atoms with van der Waals surface area (Å²) in [6.07, 6.45) is 0.302. The van der Waals surface area contributed by atoms with E-state index in [-0.39, 0.29) is 23.5 Å². The van der Waals surface area contributed by atoms with E-state index in [1.165, 1.54) is 0 Å². The molecule has 0 unspecified atom stereocenters. The summed E-state index contributed by atoms with van der Waals surface area (Å²) < 4.78 is 42.8. The van der Waals surface area contributed by atoms with E-state index >= 15 is 0 Å². The number of amides is 1. The molecule has 24 heavy (non-hydrogen) atoms. The van der Waals surface area contributed by atoms with Crippen molar-refractivity contribution in [3.05, 3.63) is 22.0 Å². The van der Waals surface area contributed by atoms with E-state index in [9.17, 15) is 17.6 Å². The van der Waals surface area contributed by atoms with E-state index < -0.39 is 22.6 Å². The van der Waals surface area contributed by atoms with Crippen molar-refractivity contribution in [3.63, 3.8) is 0 Å². The van der Waals surface area contributed by atoms with Crippen molar-refractivity contribution in [1.82, 2.24) is 14.9 Å². The fraction of sp³-hybridized carbons (Fsp3) is 0.500. The minimum absolute atomic E-state index is 0.144. The van der Waals surface area contributed by atoms with Gasteiger partial charge in [-0.3, -0.25) is 9.18 Å². The molecule has 0 aliphatic heterocycles. The first kappa shape index (κ1) is 18.5. The van der Waals surface area contributed by atoms with Crippen molar-refractivity contribution in [2.75, 3.05) is 12.4 Å². The molecular weight excluding hydrogens is 357 g/mol. The maximum Gasteiger partial charge on any atom is 0.276 e. The number of rotatable bonds is 7. The van der Waals surface area contributed by atoms with Gasteiger partial charge < -0.3 is 4.52 Å². The highest BCUT2D eigenvalue weighted by Gasteiger charge is 2.23. The number of carbonyl (C=O) groups is 1. The SMILES string of the molecule is Cc1nc(-c2c(C)noc2C)sc1C(=O)NS(=O)(=O)CCCCF. The molecule has 2 rings (SSSR count). The lowest BCUT2D eigenvalue weighted by molar-refractivity contribution is 0.0984. The summed E-state index contributed by atoms with van der Waals surface area (Å²) in [5.74, 6) is -0.452. The number of aromatic nitrogens is 2. The molecule has 0 aliphatic rings. The second kappa shape index (κ2) is 7.39. The van der Waals surface area contributed by atoms with Crippen molar-refractivity contribution < 1.29 is 22.1 Å². The van der Waals surface area contributed by atoms with Gasteiger partial charge in [-0.15, -0.1) is 11.3 Å². The summed E-state index contributed by atoms with van der Waals surface area (Å²) in [4.78, 5) is 16.8. The van der Waals surface area contributed by atoms with E-state index in [0.29, 0.717) is 27.7 Å². The van der Waals surface area contributed by atoms with Gasteiger partial charge in [-0.2, -0.15) is 0 Å². The van der Waals surface area contributed by atoms with Crippen LogP contribution in [0.3, 0.4) is 0 Å². The van der Waals surface area contributed by atoms with Crippen LogP contribution < -0.4 is 4.72 Å². The Morgan fingerprint density at radius 1 is 1.25 bits per heavy atom. The minimum atomic E-state index is -3.80. The van der Waals surface area contributed by atoms with Crippen molar-refractivity contribution in [2.24, 2.45) is 0 Å². The van der Waals surface area contributed by atoms with Gasteiger partial charge in [0.25, 0.3) is 5.91 Å². The maximum absolute atomic E-state index is 12.2. The van der Waals surface area contributed by atoms with Crippen molar-refractivity contribution in [3.8, 4) is 10.6 Å². The van der Waals surface area contributed by atoms with E-state index in [1.807, 2.05) is 4.72 Å². The normalized spacial score (nSPS) is 11.7. The molecular formula is C14H18FN3O4S2. The average molecular weight is 375 g/mol. The van der Waals surface area contributed by atoms with E-state index in [0.717, 1.165) is 11.3 Å². The van der Waals surface area contributed by atoms with Gasteiger partial charge in [0.05, 0.1) is 29.4 Å². The number of nitrogens with one attached hydrogen (secondary N) is 1. The Bertz CT molecular complexity index is 823. The Hall–Kier alpha value is -1.81. The van der Waals surface area contributed by atoms with Crippen LogP contribution in [0.4, 0.5) is 4.39 Å². The largest absolute Gasteiger partial charge is 0.361 e. The first-order valence-corrected chi connectivity index (χ1v) is 9.73. The van der Waals surface area contributed by atoms with Gasteiger partial charge in [0.1, 0.15) is 15.6 Å². The molecule has 0 radical (unpaired) electrons. The Balaban J connectivity index is 2.20. The molecule has 0 atom stereocenters. The average Bonchev–Trinajstić information content (AvgIpc) is 3.01. The molecule has 0 saturated carbocycles. The molecule has 1 N–H and O–H groups in total. The molecule has 2 heterocycles. The highest BCUT2D eigenvalue weighted by Crippen LogP contribution is 2.32. The third-order valence-electron chi connectivity index (χ3n) is 3.29. The third kappa shape index (κ3) is 4.18. The molecule has 0 saturated heterocycles. The zero-order valence-corrected chi connectivity index (χ0v) is 15.2. The lowest BCUT2D eigenvalue weighted by atomic mass is 10.2. The number of unbranched alkanes of at least 4 members (excludes halogenated alkanes) is 1. The highest BCUT2D eigenvalue weighted by atomic mass is 32.2. The predicted molar refractivity (Wildman–Crippen MR) is 88.3 cm³/mol. The van der Waals surface area contributed by atoms with E-state index in [2.05, 4.69) is 10.1 Å². The Morgan fingerprint density at radius 2 is 1.96 bits per heavy atom. The molecule has 2 aromatic heterocycles. The monoisotopic (exact) mass is 375 g/mol. The lowest BCUT2D eigenvalue weighted by Crippen LogP contribution is -2.32. The third-order valence-corrected chi connectivity index (χ3v) is 5.79. The molecule has 0 aliphatic carbocycles. The first-order valence-electron chi connectivity index (χ1n) is 7.26. The van der Waals surface area contributed by atoms with Gasteiger partial charge in [0.15, 0.2) is 0 Å². The predicted octanol–water partition coefficient (Wildman–Crippen LogP) is 2.53. The Labute approximate surface area is 143 Å². The Morgan fingerprint density at radius 3 is 2.54 bits per heavy atom. The van der Waals surface area contributed by atoms with Crippen molar-refractivity contribution >= 4 is 27.3 Å². The van der Waals surface area contributed by atoms with Gasteiger partial charge in [0.2, 0.25) is 10.0 Å². The van der Waals surface area contributed by atoms with E-state index in [4.69, 9.17) is 4.52 Å². The summed E-state index contributed by atoms with van der Waals surface area (Å²) in [5, 5.41) is 4.39. The summed E-state index contributed by atoms with van der Waals surface area (Å²) in [7, 11) is -3.80. The topological polar surface area (TPSA) is 102 Å². The molecule has 1 amide bonds. The number of aryl methyl sites for hydroxylation is 3. The Kier molecular flexibility index (Phi) is 5.70. The zero-order valence-electron chi connectivity index (χ0n) is 13.6. The molecule has 0 fully saturated rings. The number of alkyl halides is 1. The standard InChI is InChI=1S/C14H18FN3O4S2/c1-8-11(10(3)22-17-8)14-16-9(2)12(23-14)13(19)18-24(20,21)7-5-4-6-15/h4-7H2,1-3H3,(H,18,19). The van der Waals surface area contributed by atoms with Crippen LogP contribution in [0.25, 0.3) is 10.6 Å². The van der Waals surface area contributed by atoms with E-state index in [1.54, 1.807) is 20.8 Å². The number of halogens is 1. The summed E-state index contributed by atoms with van der Waals surface area (Å²) >= 11 is 1.08. The highest BCUT2D eigenvalue weighted by molar-refractivity contribution is 7.90. The van der Waals surface area contributed by atoms with Crippen LogP contribution in [0.2, 0.25) is 0 Å². The number of hydrogen-bond acceptors (Lipinski definition) is 7. The zero-order chi connectivity index (χ0) is 17.9. The molecule has 7 nitrogen and oxygen atoms in total. The van der Waals surface area contributed by atoms with Crippen LogP contribution in [0.15, 0.2) is 4.52 Å². The molecule has 0 spiro atoms. The number of carbonyl (C=O) groups excluding carboxylic acids is 1. The number of nitrogens with zero attached hydrogens (tertiary/aromatic N) is 2. The molecule has 132 valence electrons. The second-order valence-corrected chi connectivity index (χ2v) is 8.12. The second-order valence-electron chi connectivity index (χ2n) is 5.28. The summed E-state index contributed by atoms with van der Waals surface area (Å²) in [6.45, 7) is 4.54. The van der Waals surface area contributed by atoms with Crippen LogP contribution in [0, 0.1) is 20.8 Å². The van der Waals surface area contributed by atoms with Crippen LogP contribution >= 0.6 is 11.3 Å². The molecule has 0 aromatic carbocycles.